The van der Waals surface area contributed by atoms with E-state index >= 15 is 0 Å². The Bertz CT molecular complexity index is 589. The molecule has 0 saturated heterocycles. The third-order valence-electron chi connectivity index (χ3n) is 3.94. The number of hydrogen-bond donors (Lipinski definition) is 1. The van der Waals surface area contributed by atoms with Crippen molar-refractivity contribution in [1.29, 1.82) is 0 Å². The van der Waals surface area contributed by atoms with E-state index in [1.54, 1.807) is 0 Å². The maximum Gasteiger partial charge on any atom is 0.104 e. The zero-order valence-electron chi connectivity index (χ0n) is 11.4. The molecule has 0 amide bonds. The number of rotatable bonds is 2. The van der Waals surface area contributed by atoms with E-state index in [0.29, 0.717) is 0 Å². The Balaban J connectivity index is 1.92. The van der Waals surface area contributed by atoms with Crippen molar-refractivity contribution in [2.24, 2.45) is 0 Å². The van der Waals surface area contributed by atoms with Gasteiger partial charge in [0.25, 0.3) is 0 Å². The molecular formula is C17H19NO. The van der Waals surface area contributed by atoms with E-state index in [4.69, 9.17) is 0 Å². The molecule has 2 nitrogen and oxygen atoms in total. The van der Waals surface area contributed by atoms with Crippen LogP contribution in [-0.4, -0.2) is 18.7 Å². The zero-order chi connectivity index (χ0) is 13.4. The lowest BCUT2D eigenvalue weighted by Gasteiger charge is -2.15. The summed E-state index contributed by atoms with van der Waals surface area (Å²) in [5.41, 5.74) is 5.78. The number of aryl methyl sites for hydroxylation is 1. The number of likely N-dealkylation sites (N-methyl/N-ethyl adjacent to an activating group) is 1. The molecule has 0 aliphatic carbocycles. The first kappa shape index (κ1) is 12.2. The Hall–Kier alpha value is -1.80. The summed E-state index contributed by atoms with van der Waals surface area (Å²) in [6.45, 7) is 3.13. The fourth-order valence-electron chi connectivity index (χ4n) is 2.70. The van der Waals surface area contributed by atoms with Gasteiger partial charge < -0.3 is 10.0 Å². The summed E-state index contributed by atoms with van der Waals surface area (Å²) in [5.74, 6) is 0. The Morgan fingerprint density at radius 1 is 1.05 bits per heavy atom. The number of anilines is 1. The van der Waals surface area contributed by atoms with Crippen molar-refractivity contribution < 1.29 is 5.11 Å². The first-order valence-electron chi connectivity index (χ1n) is 6.74. The maximum atomic E-state index is 10.5. The standard InChI is InChI=1S/C17H19NO/c1-12-3-5-13(6-4-12)17(19)15-7-8-16-14(11-15)9-10-18(16)2/h3-8,11,17,19H,9-10H2,1-2H3. The van der Waals surface area contributed by atoms with Crippen molar-refractivity contribution in [1.82, 2.24) is 0 Å². The zero-order valence-corrected chi connectivity index (χ0v) is 11.4. The Labute approximate surface area is 114 Å². The van der Waals surface area contributed by atoms with Crippen molar-refractivity contribution >= 4 is 5.69 Å². The van der Waals surface area contributed by atoms with Gasteiger partial charge in [0, 0.05) is 19.3 Å². The fraction of sp³-hybridized carbons (Fsp3) is 0.294. The Morgan fingerprint density at radius 3 is 2.47 bits per heavy atom. The number of fused-ring (bicyclic) bond motifs is 1. The minimum Gasteiger partial charge on any atom is -0.384 e. The highest BCUT2D eigenvalue weighted by atomic mass is 16.3. The maximum absolute atomic E-state index is 10.5. The molecule has 1 aliphatic rings. The molecule has 1 heterocycles. The molecule has 0 bridgehead atoms. The lowest BCUT2D eigenvalue weighted by atomic mass is 9.98. The summed E-state index contributed by atoms with van der Waals surface area (Å²) in [7, 11) is 2.11. The van der Waals surface area contributed by atoms with Gasteiger partial charge in [-0.05, 0) is 36.1 Å². The van der Waals surface area contributed by atoms with E-state index in [9.17, 15) is 5.11 Å². The molecule has 2 aromatic rings. The van der Waals surface area contributed by atoms with Crippen LogP contribution in [0.15, 0.2) is 42.5 Å². The van der Waals surface area contributed by atoms with Crippen LogP contribution in [0.4, 0.5) is 5.69 Å². The number of nitrogens with zero attached hydrogens (tertiary/aromatic N) is 1. The van der Waals surface area contributed by atoms with Gasteiger partial charge in [-0.3, -0.25) is 0 Å². The molecular weight excluding hydrogens is 234 g/mol. The molecule has 2 heteroatoms. The summed E-state index contributed by atoms with van der Waals surface area (Å²) in [6, 6.07) is 14.4. The largest absolute Gasteiger partial charge is 0.384 e. The monoisotopic (exact) mass is 253 g/mol. The van der Waals surface area contributed by atoms with Gasteiger partial charge in [0.1, 0.15) is 6.10 Å². The van der Waals surface area contributed by atoms with Crippen molar-refractivity contribution in [3.05, 3.63) is 64.7 Å². The van der Waals surface area contributed by atoms with Gasteiger partial charge in [-0.15, -0.1) is 0 Å². The van der Waals surface area contributed by atoms with Gasteiger partial charge in [-0.25, -0.2) is 0 Å². The van der Waals surface area contributed by atoms with Crippen molar-refractivity contribution in [3.63, 3.8) is 0 Å². The van der Waals surface area contributed by atoms with Gasteiger partial charge in [0.15, 0.2) is 0 Å². The molecule has 0 radical (unpaired) electrons. The molecule has 1 atom stereocenters. The Morgan fingerprint density at radius 2 is 1.74 bits per heavy atom. The molecule has 0 saturated carbocycles. The lowest BCUT2D eigenvalue weighted by Crippen LogP contribution is -2.12. The summed E-state index contributed by atoms with van der Waals surface area (Å²) in [4.78, 5) is 2.26. The van der Waals surface area contributed by atoms with Crippen LogP contribution in [0, 0.1) is 6.92 Å². The molecule has 1 aliphatic heterocycles. The van der Waals surface area contributed by atoms with Crippen LogP contribution in [-0.2, 0) is 6.42 Å². The van der Waals surface area contributed by atoms with E-state index < -0.39 is 6.10 Å². The molecule has 1 unspecified atom stereocenters. The number of hydrogen-bond acceptors (Lipinski definition) is 2. The Kier molecular flexibility index (Phi) is 3.03. The number of benzene rings is 2. The molecule has 1 N–H and O–H groups in total. The number of aliphatic hydroxyl groups is 1. The SMILES string of the molecule is Cc1ccc(C(O)c2ccc3c(c2)CCN3C)cc1. The quantitative estimate of drug-likeness (QED) is 0.889. The summed E-state index contributed by atoms with van der Waals surface area (Å²) in [6.07, 6.45) is 0.539. The van der Waals surface area contributed by atoms with Crippen LogP contribution >= 0.6 is 0 Å². The van der Waals surface area contributed by atoms with E-state index in [-0.39, 0.29) is 0 Å². The average molecular weight is 253 g/mol. The molecule has 0 fully saturated rings. The van der Waals surface area contributed by atoms with E-state index in [1.165, 1.54) is 16.8 Å². The third kappa shape index (κ3) is 2.24. The van der Waals surface area contributed by atoms with Crippen LogP contribution in [0.3, 0.4) is 0 Å². The average Bonchev–Trinajstić information content (AvgIpc) is 2.80. The molecule has 3 rings (SSSR count). The smallest absolute Gasteiger partial charge is 0.104 e. The number of aliphatic hydroxyl groups excluding tert-OH is 1. The molecule has 2 aromatic carbocycles. The van der Waals surface area contributed by atoms with Gasteiger partial charge in [-0.1, -0.05) is 42.0 Å². The third-order valence-corrected chi connectivity index (χ3v) is 3.94. The van der Waals surface area contributed by atoms with Crippen LogP contribution in [0.1, 0.15) is 28.4 Å². The van der Waals surface area contributed by atoms with Gasteiger partial charge in [0.05, 0.1) is 0 Å². The van der Waals surface area contributed by atoms with Crippen molar-refractivity contribution in [2.75, 3.05) is 18.5 Å². The summed E-state index contributed by atoms with van der Waals surface area (Å²) in [5, 5.41) is 10.5. The minimum atomic E-state index is -0.531. The first-order valence-corrected chi connectivity index (χ1v) is 6.74. The lowest BCUT2D eigenvalue weighted by molar-refractivity contribution is 0.220. The predicted molar refractivity (Wildman–Crippen MR) is 78.7 cm³/mol. The second-order valence-corrected chi connectivity index (χ2v) is 5.37. The van der Waals surface area contributed by atoms with Gasteiger partial charge >= 0.3 is 0 Å². The predicted octanol–water partition coefficient (Wildman–Crippen LogP) is 3.07. The first-order chi connectivity index (χ1) is 9.15. The van der Waals surface area contributed by atoms with E-state index in [1.807, 2.05) is 30.3 Å². The van der Waals surface area contributed by atoms with Crippen LogP contribution < -0.4 is 4.90 Å². The second kappa shape index (κ2) is 4.71. The second-order valence-electron chi connectivity index (χ2n) is 5.37. The van der Waals surface area contributed by atoms with Crippen molar-refractivity contribution in [2.45, 2.75) is 19.4 Å². The van der Waals surface area contributed by atoms with Crippen LogP contribution in [0.5, 0.6) is 0 Å². The molecule has 0 aromatic heterocycles. The minimum absolute atomic E-state index is 0.531. The molecule has 19 heavy (non-hydrogen) atoms. The van der Waals surface area contributed by atoms with Crippen molar-refractivity contribution in [3.8, 4) is 0 Å². The highest BCUT2D eigenvalue weighted by molar-refractivity contribution is 5.59. The summed E-state index contributed by atoms with van der Waals surface area (Å²) >= 11 is 0. The molecule has 0 spiro atoms. The highest BCUT2D eigenvalue weighted by Crippen LogP contribution is 2.31. The fourth-order valence-corrected chi connectivity index (χ4v) is 2.70. The van der Waals surface area contributed by atoms with Gasteiger partial charge in [-0.2, -0.15) is 0 Å². The topological polar surface area (TPSA) is 23.5 Å². The van der Waals surface area contributed by atoms with Gasteiger partial charge in [0.2, 0.25) is 0 Å². The summed E-state index contributed by atoms with van der Waals surface area (Å²) < 4.78 is 0. The highest BCUT2D eigenvalue weighted by Gasteiger charge is 2.18. The van der Waals surface area contributed by atoms with E-state index in [2.05, 4.69) is 31.0 Å². The van der Waals surface area contributed by atoms with Crippen LogP contribution in [0.25, 0.3) is 0 Å². The molecule has 98 valence electrons. The van der Waals surface area contributed by atoms with E-state index in [0.717, 1.165) is 24.1 Å². The van der Waals surface area contributed by atoms with Crippen LogP contribution in [0.2, 0.25) is 0 Å². The normalized spacial score (nSPS) is 15.4.